The fourth-order valence-electron chi connectivity index (χ4n) is 0.183. The van der Waals surface area contributed by atoms with Gasteiger partial charge in [0.2, 0.25) is 0 Å². The van der Waals surface area contributed by atoms with E-state index in [0.717, 1.165) is 0 Å². The normalized spacial score (nSPS) is 10.9. The molecule has 0 fully saturated rings. The summed E-state index contributed by atoms with van der Waals surface area (Å²) in [6, 6.07) is 0.347. The molecule has 0 aliphatic rings. The van der Waals surface area contributed by atoms with Crippen molar-refractivity contribution < 1.29 is 4.74 Å². The highest BCUT2D eigenvalue weighted by atomic mass is 16.5. The molecule has 0 aromatic carbocycles. The molecule has 0 bridgehead atoms. The number of aliphatic imine (C=N–C) groups is 1. The average molecular weight is 101 g/mol. The van der Waals surface area contributed by atoms with Gasteiger partial charge in [0.1, 0.15) is 0 Å². The maximum Gasteiger partial charge on any atom is 0.169 e. The van der Waals surface area contributed by atoms with Gasteiger partial charge in [0.05, 0.1) is 7.11 Å². The molecule has 0 aliphatic heterocycles. The third-order valence-electron chi connectivity index (χ3n) is 0.464. The van der Waals surface area contributed by atoms with Gasteiger partial charge < -0.3 is 4.74 Å². The summed E-state index contributed by atoms with van der Waals surface area (Å²) in [6.07, 6.45) is 1.45. The quantitative estimate of drug-likeness (QED) is 0.376. The number of hydrogen-bond acceptors (Lipinski definition) is 2. The van der Waals surface area contributed by atoms with Gasteiger partial charge in [0, 0.05) is 6.04 Å². The molecule has 0 saturated heterocycles. The number of ether oxygens (including phenoxy) is 1. The smallest absolute Gasteiger partial charge is 0.169 e. The topological polar surface area (TPSA) is 21.6 Å². The molecule has 2 heteroatoms. The molecule has 0 aliphatic carbocycles. The zero-order valence-electron chi connectivity index (χ0n) is 5.01. The lowest BCUT2D eigenvalue weighted by Crippen LogP contribution is -1.89. The second kappa shape index (κ2) is 3.65. The van der Waals surface area contributed by atoms with Crippen LogP contribution >= 0.6 is 0 Å². The van der Waals surface area contributed by atoms with E-state index in [1.807, 2.05) is 13.8 Å². The summed E-state index contributed by atoms with van der Waals surface area (Å²) in [4.78, 5) is 3.90. The third-order valence-corrected chi connectivity index (χ3v) is 0.464. The molecule has 0 saturated carbocycles. The Morgan fingerprint density at radius 2 is 2.14 bits per heavy atom. The first-order chi connectivity index (χ1) is 3.27. The van der Waals surface area contributed by atoms with Crippen LogP contribution in [0.3, 0.4) is 0 Å². The van der Waals surface area contributed by atoms with Crippen molar-refractivity contribution in [3.63, 3.8) is 0 Å². The van der Waals surface area contributed by atoms with Gasteiger partial charge in [-0.2, -0.15) is 0 Å². The lowest BCUT2D eigenvalue weighted by Gasteiger charge is -1.90. The summed E-state index contributed by atoms with van der Waals surface area (Å²) in [5, 5.41) is 0. The highest BCUT2D eigenvalue weighted by Crippen LogP contribution is 1.80. The van der Waals surface area contributed by atoms with E-state index in [2.05, 4.69) is 9.73 Å². The molecule has 0 aromatic rings. The minimum atomic E-state index is 0.347. The van der Waals surface area contributed by atoms with Gasteiger partial charge in [0.15, 0.2) is 6.40 Å². The Morgan fingerprint density at radius 3 is 2.29 bits per heavy atom. The van der Waals surface area contributed by atoms with Crippen LogP contribution < -0.4 is 0 Å². The molecule has 2 nitrogen and oxygen atoms in total. The van der Waals surface area contributed by atoms with Crippen LogP contribution in [0.4, 0.5) is 0 Å². The van der Waals surface area contributed by atoms with E-state index in [1.54, 1.807) is 7.11 Å². The molecule has 0 rings (SSSR count). The van der Waals surface area contributed by atoms with Crippen molar-refractivity contribution >= 4 is 6.40 Å². The van der Waals surface area contributed by atoms with Crippen LogP contribution in [0.25, 0.3) is 0 Å². The van der Waals surface area contributed by atoms with E-state index in [0.29, 0.717) is 6.04 Å². The summed E-state index contributed by atoms with van der Waals surface area (Å²) < 4.78 is 4.56. The minimum Gasteiger partial charge on any atom is -0.487 e. The van der Waals surface area contributed by atoms with Gasteiger partial charge in [-0.05, 0) is 13.8 Å². The molecule has 0 radical (unpaired) electrons. The average Bonchev–Trinajstić information content (AvgIpc) is 1.61. The van der Waals surface area contributed by atoms with Crippen LogP contribution in [0.15, 0.2) is 4.99 Å². The maximum absolute atomic E-state index is 4.56. The van der Waals surface area contributed by atoms with E-state index in [1.165, 1.54) is 6.40 Å². The van der Waals surface area contributed by atoms with Crippen LogP contribution in [0.1, 0.15) is 13.8 Å². The monoisotopic (exact) mass is 101 g/mol. The molecule has 0 aromatic heterocycles. The van der Waals surface area contributed by atoms with E-state index < -0.39 is 0 Å². The highest BCUT2D eigenvalue weighted by Gasteiger charge is 1.79. The fourth-order valence-corrected chi connectivity index (χ4v) is 0.183. The SMILES string of the molecule is COC=NC(C)C. The highest BCUT2D eigenvalue weighted by molar-refractivity contribution is 5.46. The van der Waals surface area contributed by atoms with Crippen molar-refractivity contribution in [2.45, 2.75) is 19.9 Å². The first-order valence-electron chi connectivity index (χ1n) is 2.32. The Labute approximate surface area is 44.2 Å². The van der Waals surface area contributed by atoms with Crippen LogP contribution in [0.2, 0.25) is 0 Å². The molecular formula is C5H11NO. The van der Waals surface area contributed by atoms with Gasteiger partial charge in [-0.1, -0.05) is 0 Å². The van der Waals surface area contributed by atoms with E-state index >= 15 is 0 Å². The predicted octanol–water partition coefficient (Wildman–Crippen LogP) is 1.07. The number of methoxy groups -OCH3 is 1. The largest absolute Gasteiger partial charge is 0.487 e. The first kappa shape index (κ1) is 6.47. The fraction of sp³-hybridized carbons (Fsp3) is 0.800. The maximum atomic E-state index is 4.56. The van der Waals surface area contributed by atoms with Crippen LogP contribution in [0.5, 0.6) is 0 Å². The number of rotatable bonds is 2. The number of nitrogens with zero attached hydrogens (tertiary/aromatic N) is 1. The molecule has 0 heterocycles. The first-order valence-corrected chi connectivity index (χ1v) is 2.32. The molecule has 0 spiro atoms. The molecule has 0 N–H and O–H groups in total. The second-order valence-corrected chi connectivity index (χ2v) is 1.58. The van der Waals surface area contributed by atoms with Gasteiger partial charge in [-0.25, -0.2) is 0 Å². The van der Waals surface area contributed by atoms with Crippen molar-refractivity contribution in [3.8, 4) is 0 Å². The minimum absolute atomic E-state index is 0.347. The Morgan fingerprint density at radius 1 is 1.57 bits per heavy atom. The lowest BCUT2D eigenvalue weighted by molar-refractivity contribution is 0.419. The molecule has 7 heavy (non-hydrogen) atoms. The summed E-state index contributed by atoms with van der Waals surface area (Å²) in [7, 11) is 1.59. The molecule has 0 atom stereocenters. The number of hydrogen-bond donors (Lipinski definition) is 0. The lowest BCUT2D eigenvalue weighted by atomic mass is 10.4. The van der Waals surface area contributed by atoms with Gasteiger partial charge in [-0.15, -0.1) is 0 Å². The van der Waals surface area contributed by atoms with Gasteiger partial charge in [-0.3, -0.25) is 4.99 Å². The van der Waals surface area contributed by atoms with Crippen molar-refractivity contribution in [1.82, 2.24) is 0 Å². The Hall–Kier alpha value is -0.530. The predicted molar refractivity (Wildman–Crippen MR) is 30.6 cm³/mol. The molecule has 0 amide bonds. The van der Waals surface area contributed by atoms with E-state index in [9.17, 15) is 0 Å². The summed E-state index contributed by atoms with van der Waals surface area (Å²) in [5.41, 5.74) is 0. The van der Waals surface area contributed by atoms with Crippen molar-refractivity contribution in [1.29, 1.82) is 0 Å². The standard InChI is InChI=1S/C5H11NO/c1-5(2)6-4-7-3/h4-5H,1-3H3. The molecule has 0 unspecified atom stereocenters. The van der Waals surface area contributed by atoms with Gasteiger partial charge >= 0.3 is 0 Å². The summed E-state index contributed by atoms with van der Waals surface area (Å²) in [5.74, 6) is 0. The van der Waals surface area contributed by atoms with Crippen LogP contribution in [-0.4, -0.2) is 19.6 Å². The Balaban J connectivity index is 3.08. The summed E-state index contributed by atoms with van der Waals surface area (Å²) >= 11 is 0. The van der Waals surface area contributed by atoms with Gasteiger partial charge in [0.25, 0.3) is 0 Å². The Bertz CT molecular complexity index is 59.1. The van der Waals surface area contributed by atoms with Crippen LogP contribution in [0, 0.1) is 0 Å². The zero-order chi connectivity index (χ0) is 5.70. The van der Waals surface area contributed by atoms with Crippen molar-refractivity contribution in [2.24, 2.45) is 4.99 Å². The van der Waals surface area contributed by atoms with E-state index in [4.69, 9.17) is 0 Å². The third kappa shape index (κ3) is 5.47. The van der Waals surface area contributed by atoms with Crippen molar-refractivity contribution in [3.05, 3.63) is 0 Å². The van der Waals surface area contributed by atoms with E-state index in [-0.39, 0.29) is 0 Å². The zero-order valence-corrected chi connectivity index (χ0v) is 5.01. The second-order valence-electron chi connectivity index (χ2n) is 1.58. The molecular weight excluding hydrogens is 90.1 g/mol. The summed E-state index contributed by atoms with van der Waals surface area (Å²) in [6.45, 7) is 3.99. The van der Waals surface area contributed by atoms with Crippen LogP contribution in [-0.2, 0) is 4.74 Å². The Kier molecular flexibility index (Phi) is 3.38. The van der Waals surface area contributed by atoms with Crippen molar-refractivity contribution in [2.75, 3.05) is 7.11 Å². The molecule has 42 valence electrons.